The summed E-state index contributed by atoms with van der Waals surface area (Å²) in [7, 11) is 0. The maximum atomic E-state index is 10.6. The first-order valence-corrected chi connectivity index (χ1v) is 13.2. The average Bonchev–Trinajstić information content (AvgIpc) is 3.03. The van der Waals surface area contributed by atoms with Crippen LogP contribution in [-0.2, 0) is 20.1 Å². The molecule has 35 heavy (non-hydrogen) atoms. The van der Waals surface area contributed by atoms with Gasteiger partial charge in [-0.05, 0) is 72.9 Å². The molecular formula is C31H40IrNO2-. The number of benzene rings is 2. The zero-order chi connectivity index (χ0) is 24.1. The van der Waals surface area contributed by atoms with Gasteiger partial charge in [0.1, 0.15) is 0 Å². The minimum Gasteiger partial charge on any atom is -0.392 e. The quantitative estimate of drug-likeness (QED) is 0.301. The van der Waals surface area contributed by atoms with Gasteiger partial charge in [-0.2, -0.15) is 0 Å². The predicted molar refractivity (Wildman–Crippen MR) is 140 cm³/mol. The van der Waals surface area contributed by atoms with Crippen molar-refractivity contribution in [1.29, 1.82) is 0 Å². The monoisotopic (exact) mass is 651 g/mol. The van der Waals surface area contributed by atoms with Crippen molar-refractivity contribution >= 4 is 10.8 Å². The Labute approximate surface area is 224 Å². The number of hydrogen-bond donors (Lipinski definition) is 2. The minimum atomic E-state index is -0.267. The fourth-order valence-electron chi connectivity index (χ4n) is 6.27. The van der Waals surface area contributed by atoms with Crippen molar-refractivity contribution in [2.24, 2.45) is 23.7 Å². The van der Waals surface area contributed by atoms with Gasteiger partial charge in [0.15, 0.2) is 0 Å². The third kappa shape index (κ3) is 6.41. The molecule has 1 radical (unpaired) electrons. The molecule has 3 aromatic rings. The van der Waals surface area contributed by atoms with Crippen molar-refractivity contribution < 1.29 is 30.3 Å². The van der Waals surface area contributed by atoms with Gasteiger partial charge >= 0.3 is 0 Å². The van der Waals surface area contributed by atoms with E-state index in [2.05, 4.69) is 56.1 Å². The van der Waals surface area contributed by atoms with E-state index in [1.807, 2.05) is 30.5 Å². The molecule has 0 aliphatic heterocycles. The molecule has 4 unspecified atom stereocenters. The third-order valence-electron chi connectivity index (χ3n) is 8.29. The number of fused-ring (bicyclic) bond motifs is 2. The first-order chi connectivity index (χ1) is 16.5. The fourth-order valence-corrected chi connectivity index (χ4v) is 6.27. The van der Waals surface area contributed by atoms with E-state index in [-0.39, 0.29) is 38.2 Å². The van der Waals surface area contributed by atoms with Crippen LogP contribution in [-0.4, -0.2) is 27.4 Å². The largest absolute Gasteiger partial charge is 0.392 e. The molecule has 3 nitrogen and oxygen atoms in total. The van der Waals surface area contributed by atoms with Crippen LogP contribution in [0.15, 0.2) is 54.7 Å². The summed E-state index contributed by atoms with van der Waals surface area (Å²) in [6, 6.07) is 19.7. The number of aryl methyl sites for hydroxylation is 1. The van der Waals surface area contributed by atoms with Gasteiger partial charge in [0.25, 0.3) is 0 Å². The van der Waals surface area contributed by atoms with Gasteiger partial charge < -0.3 is 15.2 Å². The number of pyridine rings is 1. The van der Waals surface area contributed by atoms with Crippen molar-refractivity contribution in [2.75, 3.05) is 0 Å². The van der Waals surface area contributed by atoms with E-state index in [0.29, 0.717) is 17.8 Å². The van der Waals surface area contributed by atoms with Crippen LogP contribution in [0.2, 0.25) is 0 Å². The van der Waals surface area contributed by atoms with E-state index < -0.39 is 0 Å². The first-order valence-electron chi connectivity index (χ1n) is 13.2. The smallest absolute Gasteiger partial charge is 0.0623 e. The summed E-state index contributed by atoms with van der Waals surface area (Å²) in [6.07, 6.45) is 9.40. The van der Waals surface area contributed by atoms with Crippen LogP contribution in [0.1, 0.15) is 64.4 Å². The van der Waals surface area contributed by atoms with Crippen LogP contribution in [0.25, 0.3) is 22.0 Å². The van der Waals surface area contributed by atoms with Crippen LogP contribution in [0, 0.1) is 36.7 Å². The molecule has 0 spiro atoms. The number of aliphatic hydroxyl groups excluding tert-OH is 2. The molecule has 2 saturated carbocycles. The van der Waals surface area contributed by atoms with E-state index >= 15 is 0 Å². The molecular weight excluding hydrogens is 611 g/mol. The van der Waals surface area contributed by atoms with Gasteiger partial charge in [0.05, 0.1) is 12.2 Å². The summed E-state index contributed by atoms with van der Waals surface area (Å²) in [5.41, 5.74) is 3.32. The SMILES string of the molecule is CC[C@@H]1CCC2CCC[C@H](CC)C(O)C2C1O.Cc1ccc2c(-c3[c-]cccc3)nccc2c1.[Ir]. The molecule has 1 aromatic heterocycles. The van der Waals surface area contributed by atoms with Gasteiger partial charge in [0.2, 0.25) is 0 Å². The summed E-state index contributed by atoms with van der Waals surface area (Å²) < 4.78 is 0. The van der Waals surface area contributed by atoms with Crippen molar-refractivity contribution in [3.05, 3.63) is 66.4 Å². The molecule has 2 fully saturated rings. The molecule has 2 aromatic carbocycles. The number of rotatable bonds is 3. The minimum absolute atomic E-state index is 0. The van der Waals surface area contributed by atoms with Gasteiger partial charge in [-0.1, -0.05) is 56.9 Å². The maximum Gasteiger partial charge on any atom is 0.0623 e. The van der Waals surface area contributed by atoms with Crippen LogP contribution >= 0.6 is 0 Å². The zero-order valence-electron chi connectivity index (χ0n) is 21.3. The average molecular weight is 651 g/mol. The van der Waals surface area contributed by atoms with Crippen LogP contribution < -0.4 is 0 Å². The van der Waals surface area contributed by atoms with Crippen molar-refractivity contribution in [3.63, 3.8) is 0 Å². The molecule has 0 bridgehead atoms. The Kier molecular flexibility index (Phi) is 10.5. The van der Waals surface area contributed by atoms with Gasteiger partial charge in [0, 0.05) is 32.2 Å². The molecule has 2 N–H and O–H groups in total. The first kappa shape index (κ1) is 28.0. The second-order valence-corrected chi connectivity index (χ2v) is 10.3. The molecule has 1 heterocycles. The summed E-state index contributed by atoms with van der Waals surface area (Å²) in [4.78, 5) is 4.48. The molecule has 5 rings (SSSR count). The summed E-state index contributed by atoms with van der Waals surface area (Å²) in [6.45, 7) is 6.43. The van der Waals surface area contributed by atoms with E-state index in [4.69, 9.17) is 0 Å². The van der Waals surface area contributed by atoms with Gasteiger partial charge in [-0.15, -0.1) is 35.9 Å². The molecule has 4 heteroatoms. The van der Waals surface area contributed by atoms with Crippen molar-refractivity contribution in [3.8, 4) is 11.3 Å². The van der Waals surface area contributed by atoms with Crippen LogP contribution in [0.4, 0.5) is 0 Å². The number of aliphatic hydroxyl groups is 2. The zero-order valence-corrected chi connectivity index (χ0v) is 23.7. The number of aromatic nitrogens is 1. The maximum absolute atomic E-state index is 10.6. The number of nitrogens with zero attached hydrogens (tertiary/aromatic N) is 1. The Balaban J connectivity index is 0.000000190. The topological polar surface area (TPSA) is 53.4 Å². The Bertz CT molecular complexity index is 1060. The standard InChI is InChI=1S/C16H12N.C15H28O2.Ir/c1-12-7-8-15-14(11-12)9-10-17-16(15)13-5-3-2-4-6-13;1-3-10-6-5-7-12-9-8-11(4-2)15(17)13(12)14(10)16;/h2-5,7-11H,1H3;10-17H,3-9H2,1-2H3;/q-1;;/t;10-,11+,12?,13?,14?,15?;/m.0./s1. The predicted octanol–water partition coefficient (Wildman–Crippen LogP) is 6.98. The Morgan fingerprint density at radius 2 is 1.66 bits per heavy atom. The van der Waals surface area contributed by atoms with E-state index in [9.17, 15) is 10.2 Å². The van der Waals surface area contributed by atoms with E-state index in [1.165, 1.54) is 35.6 Å². The Morgan fingerprint density at radius 1 is 0.914 bits per heavy atom. The van der Waals surface area contributed by atoms with Crippen molar-refractivity contribution in [1.82, 2.24) is 4.98 Å². The van der Waals surface area contributed by atoms with Crippen molar-refractivity contribution in [2.45, 2.75) is 77.9 Å². The number of hydrogen-bond acceptors (Lipinski definition) is 3. The normalized spacial score (nSPS) is 28.1. The summed E-state index contributed by atoms with van der Waals surface area (Å²) in [5.74, 6) is 1.55. The van der Waals surface area contributed by atoms with E-state index in [1.54, 1.807) is 0 Å². The molecule has 6 atom stereocenters. The van der Waals surface area contributed by atoms with E-state index in [0.717, 1.165) is 36.9 Å². The molecule has 191 valence electrons. The fraction of sp³-hybridized carbons (Fsp3) is 0.516. The molecule has 0 saturated heterocycles. The van der Waals surface area contributed by atoms with Gasteiger partial charge in [-0.3, -0.25) is 0 Å². The van der Waals surface area contributed by atoms with Crippen LogP contribution in [0.5, 0.6) is 0 Å². The second-order valence-electron chi connectivity index (χ2n) is 10.3. The molecule has 0 amide bonds. The molecule has 2 aliphatic rings. The van der Waals surface area contributed by atoms with Crippen LogP contribution in [0.3, 0.4) is 0 Å². The second kappa shape index (κ2) is 13.1. The summed E-state index contributed by atoms with van der Waals surface area (Å²) in [5, 5.41) is 23.5. The Hall–Kier alpha value is -1.58. The van der Waals surface area contributed by atoms with Gasteiger partial charge in [-0.25, -0.2) is 0 Å². The summed E-state index contributed by atoms with van der Waals surface area (Å²) >= 11 is 0. The Morgan fingerprint density at radius 3 is 2.34 bits per heavy atom. The third-order valence-corrected chi connectivity index (χ3v) is 8.29. The molecule has 2 aliphatic carbocycles.